The van der Waals surface area contributed by atoms with Gasteiger partial charge in [-0.15, -0.1) is 0 Å². The highest BCUT2D eigenvalue weighted by molar-refractivity contribution is 5.80. The van der Waals surface area contributed by atoms with E-state index in [2.05, 4.69) is 29.2 Å². The Morgan fingerprint density at radius 1 is 1.29 bits per heavy atom. The third kappa shape index (κ3) is 5.89. The van der Waals surface area contributed by atoms with E-state index in [0.717, 1.165) is 6.54 Å². The van der Waals surface area contributed by atoms with Crippen LogP contribution in [-0.2, 0) is 0 Å². The van der Waals surface area contributed by atoms with Crippen molar-refractivity contribution in [3.8, 4) is 0 Å². The molecule has 0 amide bonds. The third-order valence-corrected chi connectivity index (χ3v) is 3.19. The summed E-state index contributed by atoms with van der Waals surface area (Å²) in [4.78, 5) is 2.51. The van der Waals surface area contributed by atoms with Gasteiger partial charge in [0.15, 0.2) is 0 Å². The standard InChI is InChI=1S/C12H26N4O/c1-10(8-12(13)15-17)14-11(2)9-16-6-4-3-5-7-16/h10-11,14,17H,3-9H2,1-2H3,(H2,13,15). The van der Waals surface area contributed by atoms with Crippen molar-refractivity contribution in [3.63, 3.8) is 0 Å². The van der Waals surface area contributed by atoms with Crippen LogP contribution in [0.1, 0.15) is 39.5 Å². The monoisotopic (exact) mass is 242 g/mol. The summed E-state index contributed by atoms with van der Waals surface area (Å²) in [6.07, 6.45) is 4.61. The predicted octanol–water partition coefficient (Wildman–Crippen LogP) is 0.975. The minimum atomic E-state index is 0.241. The van der Waals surface area contributed by atoms with Gasteiger partial charge in [-0.1, -0.05) is 11.6 Å². The minimum Gasteiger partial charge on any atom is -0.409 e. The van der Waals surface area contributed by atoms with E-state index in [1.54, 1.807) is 0 Å². The molecule has 1 heterocycles. The molecule has 4 N–H and O–H groups in total. The summed E-state index contributed by atoms with van der Waals surface area (Å²) in [6.45, 7) is 7.78. The Morgan fingerprint density at radius 3 is 2.53 bits per heavy atom. The third-order valence-electron chi connectivity index (χ3n) is 3.19. The first-order chi connectivity index (χ1) is 8.11. The first kappa shape index (κ1) is 14.3. The van der Waals surface area contributed by atoms with Gasteiger partial charge >= 0.3 is 0 Å². The van der Waals surface area contributed by atoms with E-state index in [-0.39, 0.29) is 11.9 Å². The fourth-order valence-electron chi connectivity index (χ4n) is 2.48. The molecular formula is C12H26N4O. The van der Waals surface area contributed by atoms with Crippen molar-refractivity contribution < 1.29 is 5.21 Å². The number of nitrogens with one attached hydrogen (secondary N) is 1. The quantitative estimate of drug-likeness (QED) is 0.281. The van der Waals surface area contributed by atoms with Crippen LogP contribution in [0.2, 0.25) is 0 Å². The van der Waals surface area contributed by atoms with Crippen LogP contribution in [-0.4, -0.2) is 47.7 Å². The van der Waals surface area contributed by atoms with Crippen LogP contribution in [0.25, 0.3) is 0 Å². The van der Waals surface area contributed by atoms with Crippen LogP contribution in [0.5, 0.6) is 0 Å². The summed E-state index contributed by atoms with van der Waals surface area (Å²) in [7, 11) is 0. The summed E-state index contributed by atoms with van der Waals surface area (Å²) >= 11 is 0. The summed E-state index contributed by atoms with van der Waals surface area (Å²) < 4.78 is 0. The zero-order valence-corrected chi connectivity index (χ0v) is 11.0. The second-order valence-electron chi connectivity index (χ2n) is 5.13. The summed E-state index contributed by atoms with van der Waals surface area (Å²) in [5.74, 6) is 0.287. The molecule has 17 heavy (non-hydrogen) atoms. The van der Waals surface area contributed by atoms with Gasteiger partial charge in [0.25, 0.3) is 0 Å². The molecule has 1 aliphatic heterocycles. The van der Waals surface area contributed by atoms with Crippen molar-refractivity contribution in [1.29, 1.82) is 0 Å². The smallest absolute Gasteiger partial charge is 0.140 e. The summed E-state index contributed by atoms with van der Waals surface area (Å²) in [5.41, 5.74) is 5.48. The molecule has 1 aliphatic rings. The number of hydrogen-bond acceptors (Lipinski definition) is 4. The normalized spacial score (nSPS) is 22.4. The summed E-state index contributed by atoms with van der Waals surface area (Å²) in [6, 6.07) is 0.681. The molecule has 0 spiro atoms. The van der Waals surface area contributed by atoms with Crippen LogP contribution in [0.15, 0.2) is 5.16 Å². The van der Waals surface area contributed by atoms with Crippen molar-refractivity contribution in [3.05, 3.63) is 0 Å². The van der Waals surface area contributed by atoms with E-state index in [1.165, 1.54) is 32.4 Å². The van der Waals surface area contributed by atoms with Gasteiger partial charge in [0.1, 0.15) is 5.84 Å². The molecule has 2 atom stereocenters. The molecule has 0 aliphatic carbocycles. The SMILES string of the molecule is CC(CC(N)=NO)NC(C)CN1CCCCC1. The molecule has 0 aromatic heterocycles. The first-order valence-electron chi connectivity index (χ1n) is 6.56. The molecule has 100 valence electrons. The summed E-state index contributed by atoms with van der Waals surface area (Å²) in [5, 5.41) is 15.0. The van der Waals surface area contributed by atoms with Gasteiger partial charge < -0.3 is 21.2 Å². The van der Waals surface area contributed by atoms with Crippen LogP contribution in [0, 0.1) is 0 Å². The second kappa shape index (κ2) is 7.50. The van der Waals surface area contributed by atoms with Gasteiger partial charge in [0, 0.05) is 25.0 Å². The number of amidine groups is 1. The molecule has 0 aromatic carbocycles. The van der Waals surface area contributed by atoms with Gasteiger partial charge in [-0.3, -0.25) is 0 Å². The fourth-order valence-corrected chi connectivity index (χ4v) is 2.48. The highest BCUT2D eigenvalue weighted by Gasteiger charge is 2.15. The maximum Gasteiger partial charge on any atom is 0.140 e. The van der Waals surface area contributed by atoms with E-state index in [4.69, 9.17) is 10.9 Å². The van der Waals surface area contributed by atoms with E-state index < -0.39 is 0 Å². The number of nitrogens with zero attached hydrogens (tertiary/aromatic N) is 2. The highest BCUT2D eigenvalue weighted by Crippen LogP contribution is 2.09. The first-order valence-corrected chi connectivity index (χ1v) is 6.56. The molecule has 5 heteroatoms. The largest absolute Gasteiger partial charge is 0.409 e. The van der Waals surface area contributed by atoms with Crippen LogP contribution in [0.4, 0.5) is 0 Å². The van der Waals surface area contributed by atoms with Crippen molar-refractivity contribution >= 4 is 5.84 Å². The average molecular weight is 242 g/mol. The van der Waals surface area contributed by atoms with Crippen molar-refractivity contribution in [2.45, 2.75) is 51.6 Å². The molecule has 0 saturated carbocycles. The van der Waals surface area contributed by atoms with Crippen molar-refractivity contribution in [2.24, 2.45) is 10.9 Å². The Morgan fingerprint density at radius 2 is 1.94 bits per heavy atom. The Balaban J connectivity index is 2.20. The second-order valence-corrected chi connectivity index (χ2v) is 5.13. The number of nitrogens with two attached hydrogens (primary N) is 1. The molecule has 0 aromatic rings. The number of rotatable bonds is 6. The number of hydrogen-bond donors (Lipinski definition) is 3. The Hall–Kier alpha value is -0.810. The van der Waals surface area contributed by atoms with Crippen molar-refractivity contribution in [2.75, 3.05) is 19.6 Å². The van der Waals surface area contributed by atoms with E-state index in [1.807, 2.05) is 0 Å². The maximum atomic E-state index is 8.51. The van der Waals surface area contributed by atoms with E-state index >= 15 is 0 Å². The van der Waals surface area contributed by atoms with Crippen LogP contribution in [0.3, 0.4) is 0 Å². The highest BCUT2D eigenvalue weighted by atomic mass is 16.4. The van der Waals surface area contributed by atoms with E-state index in [0.29, 0.717) is 12.5 Å². The number of piperidine rings is 1. The molecule has 1 rings (SSSR count). The number of oxime groups is 1. The lowest BCUT2D eigenvalue weighted by atomic mass is 10.1. The van der Waals surface area contributed by atoms with Gasteiger partial charge in [0.2, 0.25) is 0 Å². The van der Waals surface area contributed by atoms with Crippen LogP contribution < -0.4 is 11.1 Å². The van der Waals surface area contributed by atoms with Gasteiger partial charge in [-0.2, -0.15) is 0 Å². The Bertz CT molecular complexity index is 239. The van der Waals surface area contributed by atoms with Crippen molar-refractivity contribution in [1.82, 2.24) is 10.2 Å². The molecule has 1 saturated heterocycles. The van der Waals surface area contributed by atoms with Gasteiger partial charge in [-0.25, -0.2) is 0 Å². The molecule has 5 nitrogen and oxygen atoms in total. The lowest BCUT2D eigenvalue weighted by Gasteiger charge is -2.30. The van der Waals surface area contributed by atoms with Gasteiger partial charge in [-0.05, 0) is 39.8 Å². The molecule has 1 fully saturated rings. The zero-order valence-electron chi connectivity index (χ0n) is 11.0. The Kier molecular flexibility index (Phi) is 6.29. The Labute approximate surface area is 104 Å². The van der Waals surface area contributed by atoms with Crippen LogP contribution >= 0.6 is 0 Å². The topological polar surface area (TPSA) is 73.9 Å². The average Bonchev–Trinajstić information content (AvgIpc) is 2.29. The molecule has 2 unspecified atom stereocenters. The molecular weight excluding hydrogens is 216 g/mol. The fraction of sp³-hybridized carbons (Fsp3) is 0.917. The predicted molar refractivity (Wildman–Crippen MR) is 70.4 cm³/mol. The van der Waals surface area contributed by atoms with E-state index in [9.17, 15) is 0 Å². The lowest BCUT2D eigenvalue weighted by molar-refractivity contribution is 0.205. The molecule has 0 radical (unpaired) electrons. The maximum absolute atomic E-state index is 8.51. The number of likely N-dealkylation sites (tertiary alicyclic amines) is 1. The minimum absolute atomic E-state index is 0.241. The molecule has 0 bridgehead atoms. The zero-order chi connectivity index (χ0) is 12.7. The van der Waals surface area contributed by atoms with Gasteiger partial charge in [0.05, 0.1) is 0 Å². The lowest BCUT2D eigenvalue weighted by Crippen LogP contribution is -2.45.